The van der Waals surface area contributed by atoms with Crippen LogP contribution >= 0.6 is 22.6 Å². The Kier molecular flexibility index (Phi) is 5.74. The molecule has 1 atom stereocenters. The number of terminal acetylenes is 1. The predicted molar refractivity (Wildman–Crippen MR) is 74.3 cm³/mol. The maximum atomic E-state index is 5.32. The lowest BCUT2D eigenvalue weighted by Crippen LogP contribution is -2.35. The zero-order chi connectivity index (χ0) is 11.1. The average molecular weight is 313 g/mol. The fourth-order valence-electron chi connectivity index (χ4n) is 1.49. The van der Waals surface area contributed by atoms with E-state index < -0.39 is 0 Å². The van der Waals surface area contributed by atoms with Gasteiger partial charge in [-0.3, -0.25) is 4.90 Å². The number of alkyl halides is 1. The second kappa shape index (κ2) is 6.86. The molecule has 0 saturated carbocycles. The molecule has 1 aromatic carbocycles. The van der Waals surface area contributed by atoms with Crippen molar-refractivity contribution in [3.8, 4) is 12.3 Å². The summed E-state index contributed by atoms with van der Waals surface area (Å²) in [4.78, 5) is 2.24. The van der Waals surface area contributed by atoms with Crippen LogP contribution in [0.15, 0.2) is 30.3 Å². The van der Waals surface area contributed by atoms with Gasteiger partial charge in [0.2, 0.25) is 0 Å². The molecule has 0 amide bonds. The van der Waals surface area contributed by atoms with Crippen molar-refractivity contribution >= 4 is 22.6 Å². The Labute approximate surface area is 106 Å². The number of rotatable bonds is 5. The highest BCUT2D eigenvalue weighted by molar-refractivity contribution is 14.1. The van der Waals surface area contributed by atoms with Gasteiger partial charge in [0.15, 0.2) is 0 Å². The standard InChI is InChI=1S/C13H16IN/c1-3-9-15(2)13(11-14)10-12-7-5-4-6-8-12/h1,4-8,13H,9-11H2,2H3/t13-/m0/s1. The van der Waals surface area contributed by atoms with Crippen LogP contribution in [0.2, 0.25) is 0 Å². The minimum absolute atomic E-state index is 0.532. The van der Waals surface area contributed by atoms with E-state index in [2.05, 4.69) is 64.7 Å². The Morgan fingerprint density at radius 2 is 2.07 bits per heavy atom. The van der Waals surface area contributed by atoms with Crippen LogP contribution in [-0.2, 0) is 6.42 Å². The predicted octanol–water partition coefficient (Wildman–Crippen LogP) is 2.60. The molecule has 0 aliphatic heterocycles. The van der Waals surface area contributed by atoms with E-state index in [0.717, 1.165) is 17.4 Å². The van der Waals surface area contributed by atoms with Gasteiger partial charge in [-0.2, -0.15) is 0 Å². The van der Waals surface area contributed by atoms with Gasteiger partial charge < -0.3 is 0 Å². The molecule has 15 heavy (non-hydrogen) atoms. The van der Waals surface area contributed by atoms with Crippen LogP contribution in [0.3, 0.4) is 0 Å². The van der Waals surface area contributed by atoms with Crippen LogP contribution in [-0.4, -0.2) is 29.0 Å². The number of likely N-dealkylation sites (N-methyl/N-ethyl adjacent to an activating group) is 1. The van der Waals surface area contributed by atoms with Crippen molar-refractivity contribution in [1.29, 1.82) is 0 Å². The zero-order valence-electron chi connectivity index (χ0n) is 8.99. The third-order valence-electron chi connectivity index (χ3n) is 2.46. The molecule has 0 aromatic heterocycles. The fraction of sp³-hybridized carbons (Fsp3) is 0.385. The Morgan fingerprint density at radius 3 is 2.60 bits per heavy atom. The third-order valence-corrected chi connectivity index (χ3v) is 3.47. The number of halogens is 1. The van der Waals surface area contributed by atoms with Gasteiger partial charge in [-0.25, -0.2) is 0 Å². The molecule has 2 heteroatoms. The Balaban J connectivity index is 2.58. The topological polar surface area (TPSA) is 3.24 Å². The van der Waals surface area contributed by atoms with Crippen molar-refractivity contribution in [1.82, 2.24) is 4.90 Å². The number of hydrogen-bond acceptors (Lipinski definition) is 1. The summed E-state index contributed by atoms with van der Waals surface area (Å²) >= 11 is 2.42. The molecule has 0 saturated heterocycles. The monoisotopic (exact) mass is 313 g/mol. The molecule has 0 spiro atoms. The second-order valence-corrected chi connectivity index (χ2v) is 4.50. The number of nitrogens with zero attached hydrogens (tertiary/aromatic N) is 1. The van der Waals surface area contributed by atoms with Crippen molar-refractivity contribution < 1.29 is 0 Å². The molecule has 1 aromatic rings. The van der Waals surface area contributed by atoms with Gasteiger partial charge in [-0.1, -0.05) is 58.8 Å². The van der Waals surface area contributed by atoms with Crippen LogP contribution < -0.4 is 0 Å². The number of benzene rings is 1. The maximum absolute atomic E-state index is 5.32. The molecule has 1 nitrogen and oxygen atoms in total. The highest BCUT2D eigenvalue weighted by Crippen LogP contribution is 2.09. The molecule has 1 rings (SSSR count). The minimum atomic E-state index is 0.532. The third kappa shape index (κ3) is 4.23. The van der Waals surface area contributed by atoms with E-state index in [1.54, 1.807) is 0 Å². The molecule has 0 aliphatic carbocycles. The summed E-state index contributed by atoms with van der Waals surface area (Å²) in [5, 5.41) is 0. The Morgan fingerprint density at radius 1 is 1.40 bits per heavy atom. The van der Waals surface area contributed by atoms with Gasteiger partial charge in [0.1, 0.15) is 0 Å². The molecular weight excluding hydrogens is 297 g/mol. The lowest BCUT2D eigenvalue weighted by Gasteiger charge is -2.24. The highest BCUT2D eigenvalue weighted by Gasteiger charge is 2.12. The first-order valence-electron chi connectivity index (χ1n) is 5.01. The summed E-state index contributed by atoms with van der Waals surface area (Å²) in [7, 11) is 2.09. The van der Waals surface area contributed by atoms with E-state index in [1.165, 1.54) is 5.56 Å². The summed E-state index contributed by atoms with van der Waals surface area (Å²) in [6, 6.07) is 11.1. The molecule has 80 valence electrons. The summed E-state index contributed by atoms with van der Waals surface area (Å²) in [5.74, 6) is 2.69. The van der Waals surface area contributed by atoms with E-state index in [9.17, 15) is 0 Å². The molecule has 0 aliphatic rings. The van der Waals surface area contributed by atoms with Crippen molar-refractivity contribution in [2.75, 3.05) is 18.0 Å². The van der Waals surface area contributed by atoms with Gasteiger partial charge >= 0.3 is 0 Å². The van der Waals surface area contributed by atoms with Gasteiger partial charge in [0, 0.05) is 10.5 Å². The molecule has 0 unspecified atom stereocenters. The van der Waals surface area contributed by atoms with Crippen molar-refractivity contribution in [2.45, 2.75) is 12.5 Å². The smallest absolute Gasteiger partial charge is 0.0599 e. The quantitative estimate of drug-likeness (QED) is 0.459. The molecule has 0 fully saturated rings. The van der Waals surface area contributed by atoms with Crippen LogP contribution in [0.5, 0.6) is 0 Å². The first-order chi connectivity index (χ1) is 7.27. The zero-order valence-corrected chi connectivity index (χ0v) is 11.1. The van der Waals surface area contributed by atoms with Crippen LogP contribution in [0, 0.1) is 12.3 Å². The van der Waals surface area contributed by atoms with Gasteiger partial charge in [-0.15, -0.1) is 6.42 Å². The van der Waals surface area contributed by atoms with E-state index in [1.807, 2.05) is 6.07 Å². The summed E-state index contributed by atoms with van der Waals surface area (Å²) < 4.78 is 1.10. The SMILES string of the molecule is C#CCN(C)[C@H](CI)Cc1ccccc1. The van der Waals surface area contributed by atoms with E-state index in [4.69, 9.17) is 6.42 Å². The first-order valence-corrected chi connectivity index (χ1v) is 6.54. The van der Waals surface area contributed by atoms with Crippen molar-refractivity contribution in [2.24, 2.45) is 0 Å². The van der Waals surface area contributed by atoms with Crippen molar-refractivity contribution in [3.63, 3.8) is 0 Å². The lowest BCUT2D eigenvalue weighted by atomic mass is 10.1. The fourth-order valence-corrected chi connectivity index (χ4v) is 2.47. The Bertz CT molecular complexity index is 315. The van der Waals surface area contributed by atoms with Gasteiger partial charge in [-0.05, 0) is 19.0 Å². The minimum Gasteiger partial charge on any atom is -0.291 e. The largest absolute Gasteiger partial charge is 0.291 e. The lowest BCUT2D eigenvalue weighted by molar-refractivity contribution is 0.294. The molecule has 0 heterocycles. The van der Waals surface area contributed by atoms with Gasteiger partial charge in [0.25, 0.3) is 0 Å². The molecule has 0 bridgehead atoms. The number of hydrogen-bond donors (Lipinski definition) is 0. The van der Waals surface area contributed by atoms with E-state index in [0.29, 0.717) is 6.04 Å². The average Bonchev–Trinajstić information content (AvgIpc) is 2.27. The van der Waals surface area contributed by atoms with Crippen LogP contribution in [0.4, 0.5) is 0 Å². The summed E-state index contributed by atoms with van der Waals surface area (Å²) in [5.41, 5.74) is 1.38. The molecule has 0 radical (unpaired) electrons. The Hall–Kier alpha value is -0.530. The summed E-state index contributed by atoms with van der Waals surface area (Å²) in [6.45, 7) is 0.723. The summed E-state index contributed by atoms with van der Waals surface area (Å²) in [6.07, 6.45) is 6.39. The van der Waals surface area contributed by atoms with Crippen LogP contribution in [0.1, 0.15) is 5.56 Å². The first kappa shape index (κ1) is 12.5. The maximum Gasteiger partial charge on any atom is 0.0599 e. The van der Waals surface area contributed by atoms with E-state index in [-0.39, 0.29) is 0 Å². The van der Waals surface area contributed by atoms with Crippen LogP contribution in [0.25, 0.3) is 0 Å². The van der Waals surface area contributed by atoms with Gasteiger partial charge in [0.05, 0.1) is 6.54 Å². The van der Waals surface area contributed by atoms with Crippen molar-refractivity contribution in [3.05, 3.63) is 35.9 Å². The molecule has 0 N–H and O–H groups in total. The second-order valence-electron chi connectivity index (χ2n) is 3.62. The molecular formula is C13H16IN. The normalized spacial score (nSPS) is 12.4. The van der Waals surface area contributed by atoms with E-state index >= 15 is 0 Å². The highest BCUT2D eigenvalue weighted by atomic mass is 127.